The van der Waals surface area contributed by atoms with Crippen molar-refractivity contribution in [2.45, 2.75) is 12.3 Å². The highest BCUT2D eigenvalue weighted by Gasteiger charge is 2.27. The number of pyridine rings is 1. The minimum absolute atomic E-state index is 0.372. The third kappa shape index (κ3) is 2.58. The van der Waals surface area contributed by atoms with Crippen LogP contribution in [-0.4, -0.2) is 33.9 Å². The quantitative estimate of drug-likeness (QED) is 0.831. The number of allylic oxidation sites excluding steroid dienone is 1. The molecule has 1 atom stereocenters. The molecule has 1 aliphatic rings. The first-order valence-corrected chi connectivity index (χ1v) is 6.74. The van der Waals surface area contributed by atoms with Crippen LogP contribution in [-0.2, 0) is 27.9 Å². The van der Waals surface area contributed by atoms with Crippen molar-refractivity contribution in [1.29, 1.82) is 0 Å². The predicted molar refractivity (Wildman–Crippen MR) is 79.5 cm³/mol. The van der Waals surface area contributed by atoms with E-state index in [0.717, 1.165) is 16.6 Å². The van der Waals surface area contributed by atoms with Crippen molar-refractivity contribution < 1.29 is 14.3 Å². The van der Waals surface area contributed by atoms with E-state index < -0.39 is 5.72 Å². The fourth-order valence-electron chi connectivity index (χ4n) is 2.16. The molecule has 0 aliphatic carbocycles. The van der Waals surface area contributed by atoms with Gasteiger partial charge in [-0.15, -0.1) is 0 Å². The number of dihydropyridines is 1. The van der Waals surface area contributed by atoms with Crippen LogP contribution in [0.25, 0.3) is 11.0 Å². The van der Waals surface area contributed by atoms with E-state index in [1.165, 1.54) is 7.11 Å². The Morgan fingerprint density at radius 1 is 1.45 bits per heavy atom. The number of hydrogen-bond acceptors (Lipinski definition) is 6. The van der Waals surface area contributed by atoms with Crippen molar-refractivity contribution >= 4 is 17.3 Å². The summed E-state index contributed by atoms with van der Waals surface area (Å²) in [5, 5.41) is 7.98. The fourth-order valence-corrected chi connectivity index (χ4v) is 2.16. The topological polar surface area (TPSA) is 78.3 Å². The number of aldehydes is 1. The van der Waals surface area contributed by atoms with Crippen LogP contribution >= 0.6 is 0 Å². The Labute approximate surface area is 127 Å². The Balaban J connectivity index is 1.66. The van der Waals surface area contributed by atoms with Gasteiger partial charge in [0.25, 0.3) is 0 Å². The third-order valence-electron chi connectivity index (χ3n) is 3.48. The van der Waals surface area contributed by atoms with Crippen LogP contribution in [0, 0.1) is 0 Å². The summed E-state index contributed by atoms with van der Waals surface area (Å²) in [5.41, 5.74) is 0.662. The Hall–Kier alpha value is -2.67. The maximum absolute atomic E-state index is 11.0. The fraction of sp³-hybridized carbons (Fsp3) is 0.267. The van der Waals surface area contributed by atoms with E-state index in [1.54, 1.807) is 35.4 Å². The largest absolute Gasteiger partial charge is 0.487 e. The third-order valence-corrected chi connectivity index (χ3v) is 3.48. The molecule has 2 aromatic rings. The van der Waals surface area contributed by atoms with Gasteiger partial charge in [0.1, 0.15) is 12.4 Å². The SMILES string of the molecule is COC1(C=O)C=CC(OCc2cnc3c(cnn3C)c2)=CN1. The van der Waals surface area contributed by atoms with Crippen LogP contribution in [0.2, 0.25) is 0 Å². The van der Waals surface area contributed by atoms with Gasteiger partial charge in [0.15, 0.2) is 11.9 Å². The van der Waals surface area contributed by atoms with Crippen LogP contribution in [0.1, 0.15) is 5.56 Å². The molecule has 1 aliphatic heterocycles. The maximum Gasteiger partial charge on any atom is 0.215 e. The van der Waals surface area contributed by atoms with Gasteiger partial charge in [-0.2, -0.15) is 5.10 Å². The second-order valence-corrected chi connectivity index (χ2v) is 4.95. The first kappa shape index (κ1) is 14.3. The van der Waals surface area contributed by atoms with Gasteiger partial charge in [0.2, 0.25) is 5.72 Å². The number of carbonyl (C=O) groups is 1. The van der Waals surface area contributed by atoms with Crippen molar-refractivity contribution in [2.24, 2.45) is 7.05 Å². The number of methoxy groups -OCH3 is 1. The zero-order chi connectivity index (χ0) is 15.6. The lowest BCUT2D eigenvalue weighted by Gasteiger charge is -2.26. The van der Waals surface area contributed by atoms with E-state index >= 15 is 0 Å². The van der Waals surface area contributed by atoms with Crippen LogP contribution in [0.4, 0.5) is 0 Å². The Bertz CT molecular complexity index is 765. The molecular formula is C15H16N4O3. The maximum atomic E-state index is 11.0. The molecule has 0 saturated carbocycles. The Morgan fingerprint density at radius 2 is 2.32 bits per heavy atom. The molecule has 22 heavy (non-hydrogen) atoms. The summed E-state index contributed by atoms with van der Waals surface area (Å²) in [7, 11) is 3.31. The Kier molecular flexibility index (Phi) is 3.64. The molecule has 0 bridgehead atoms. The minimum atomic E-state index is -1.11. The van der Waals surface area contributed by atoms with E-state index in [9.17, 15) is 4.79 Å². The predicted octanol–water partition coefficient (Wildman–Crippen LogP) is 1.03. The van der Waals surface area contributed by atoms with Gasteiger partial charge in [-0.05, 0) is 18.2 Å². The summed E-state index contributed by atoms with van der Waals surface area (Å²) in [6.45, 7) is 0.372. The van der Waals surface area contributed by atoms with Crippen molar-refractivity contribution in [3.05, 3.63) is 48.1 Å². The number of hydrogen-bond donors (Lipinski definition) is 1. The molecule has 1 N–H and O–H groups in total. The average Bonchev–Trinajstić information content (AvgIpc) is 2.94. The van der Waals surface area contributed by atoms with E-state index in [4.69, 9.17) is 9.47 Å². The molecule has 0 amide bonds. The molecule has 3 rings (SSSR count). The van der Waals surface area contributed by atoms with Gasteiger partial charge in [-0.3, -0.25) is 9.48 Å². The van der Waals surface area contributed by atoms with Crippen LogP contribution in [0.3, 0.4) is 0 Å². The van der Waals surface area contributed by atoms with E-state index in [-0.39, 0.29) is 0 Å². The highest BCUT2D eigenvalue weighted by molar-refractivity contribution is 5.74. The lowest BCUT2D eigenvalue weighted by atomic mass is 10.2. The average molecular weight is 300 g/mol. The summed E-state index contributed by atoms with van der Waals surface area (Å²) in [5.74, 6) is 0.612. The molecule has 0 radical (unpaired) electrons. The summed E-state index contributed by atoms with van der Waals surface area (Å²) < 4.78 is 12.5. The molecule has 7 nitrogen and oxygen atoms in total. The summed E-state index contributed by atoms with van der Waals surface area (Å²) in [6, 6.07) is 1.99. The van der Waals surface area contributed by atoms with Gasteiger partial charge in [-0.25, -0.2) is 4.98 Å². The molecule has 0 fully saturated rings. The second kappa shape index (κ2) is 5.61. The summed E-state index contributed by atoms with van der Waals surface area (Å²) in [6.07, 6.45) is 9.13. The van der Waals surface area contributed by atoms with Crippen molar-refractivity contribution in [3.63, 3.8) is 0 Å². The minimum Gasteiger partial charge on any atom is -0.487 e. The zero-order valence-corrected chi connectivity index (χ0v) is 12.3. The van der Waals surface area contributed by atoms with Gasteiger partial charge < -0.3 is 14.8 Å². The molecule has 114 valence electrons. The Morgan fingerprint density at radius 3 is 3.00 bits per heavy atom. The molecule has 1 unspecified atom stereocenters. The molecular weight excluding hydrogens is 284 g/mol. The van der Waals surface area contributed by atoms with Crippen molar-refractivity contribution in [1.82, 2.24) is 20.1 Å². The van der Waals surface area contributed by atoms with Crippen LogP contribution < -0.4 is 5.32 Å². The number of carbonyl (C=O) groups excluding carboxylic acids is 1. The summed E-state index contributed by atoms with van der Waals surface area (Å²) >= 11 is 0. The van der Waals surface area contributed by atoms with E-state index in [2.05, 4.69) is 15.4 Å². The number of nitrogens with zero attached hydrogens (tertiary/aromatic N) is 3. The van der Waals surface area contributed by atoms with E-state index in [1.807, 2.05) is 13.1 Å². The number of rotatable bonds is 5. The highest BCUT2D eigenvalue weighted by Crippen LogP contribution is 2.17. The first-order valence-electron chi connectivity index (χ1n) is 6.74. The monoisotopic (exact) mass is 300 g/mol. The van der Waals surface area contributed by atoms with Gasteiger partial charge in [-0.1, -0.05) is 0 Å². The first-order chi connectivity index (χ1) is 10.7. The number of aromatic nitrogens is 3. The normalized spacial score (nSPS) is 20.5. The van der Waals surface area contributed by atoms with Gasteiger partial charge >= 0.3 is 0 Å². The smallest absolute Gasteiger partial charge is 0.215 e. The van der Waals surface area contributed by atoms with Crippen molar-refractivity contribution in [2.75, 3.05) is 7.11 Å². The molecule has 0 aromatic carbocycles. The molecule has 7 heteroatoms. The number of fused-ring (bicyclic) bond motifs is 1. The molecule has 0 spiro atoms. The lowest BCUT2D eigenvalue weighted by Crippen LogP contribution is -2.45. The van der Waals surface area contributed by atoms with Gasteiger partial charge in [0.05, 0.1) is 6.20 Å². The number of nitrogens with one attached hydrogen (secondary N) is 1. The number of ether oxygens (including phenoxy) is 2. The molecule has 2 aromatic heterocycles. The lowest BCUT2D eigenvalue weighted by molar-refractivity contribution is -0.124. The van der Waals surface area contributed by atoms with Crippen LogP contribution in [0.5, 0.6) is 0 Å². The van der Waals surface area contributed by atoms with E-state index in [0.29, 0.717) is 18.7 Å². The van der Waals surface area contributed by atoms with Gasteiger partial charge in [0, 0.05) is 37.5 Å². The zero-order valence-electron chi connectivity index (χ0n) is 12.3. The summed E-state index contributed by atoms with van der Waals surface area (Å²) in [4.78, 5) is 15.4. The molecule has 3 heterocycles. The number of aryl methyl sites for hydroxylation is 1. The van der Waals surface area contributed by atoms with Crippen LogP contribution in [0.15, 0.2) is 42.6 Å². The van der Waals surface area contributed by atoms with Crippen molar-refractivity contribution in [3.8, 4) is 0 Å². The molecule has 0 saturated heterocycles. The highest BCUT2D eigenvalue weighted by atomic mass is 16.5. The standard InChI is InChI=1S/C15H16N4O3/c1-19-14-12(7-18-19)5-11(6-16-14)9-22-13-3-4-15(10-20,21-2)17-8-13/h3-8,10,17H,9H2,1-2H3. The second-order valence-electron chi connectivity index (χ2n) is 4.95.